The summed E-state index contributed by atoms with van der Waals surface area (Å²) >= 11 is 1.47. The van der Waals surface area contributed by atoms with Crippen LogP contribution >= 0.6 is 11.8 Å². The highest BCUT2D eigenvalue weighted by molar-refractivity contribution is 7.99. The molecular weight excluding hydrogens is 386 g/mol. The summed E-state index contributed by atoms with van der Waals surface area (Å²) in [6.45, 7) is 9.01. The Morgan fingerprint density at radius 3 is 2.72 bits per heavy atom. The number of rotatable bonds is 7. The van der Waals surface area contributed by atoms with Gasteiger partial charge >= 0.3 is 0 Å². The molecule has 0 N–H and O–H groups in total. The van der Waals surface area contributed by atoms with Gasteiger partial charge in [0.1, 0.15) is 5.82 Å². The van der Waals surface area contributed by atoms with Crippen molar-refractivity contribution in [2.75, 3.05) is 32.1 Å². The van der Waals surface area contributed by atoms with Crippen LogP contribution < -0.4 is 0 Å². The lowest BCUT2D eigenvalue weighted by Crippen LogP contribution is -2.36. The van der Waals surface area contributed by atoms with Gasteiger partial charge in [-0.1, -0.05) is 30.0 Å². The van der Waals surface area contributed by atoms with Crippen LogP contribution in [0.1, 0.15) is 28.8 Å². The molecule has 29 heavy (non-hydrogen) atoms. The third-order valence-electron chi connectivity index (χ3n) is 5.59. The number of ether oxygens (including phenoxy) is 1. The lowest BCUT2D eigenvalue weighted by atomic mass is 10.1. The lowest BCUT2D eigenvalue weighted by Gasteiger charge is -2.26. The van der Waals surface area contributed by atoms with Crippen molar-refractivity contribution >= 4 is 28.4 Å². The Balaban J connectivity index is 1.49. The third kappa shape index (κ3) is 3.97. The lowest BCUT2D eigenvalue weighted by molar-refractivity contribution is 0.0325. The van der Waals surface area contributed by atoms with Gasteiger partial charge in [0, 0.05) is 48.8 Å². The number of hydrogen-bond acceptors (Lipinski definition) is 6. The molecule has 1 aliphatic heterocycles. The van der Waals surface area contributed by atoms with E-state index in [-0.39, 0.29) is 5.78 Å². The van der Waals surface area contributed by atoms with Gasteiger partial charge < -0.3 is 13.9 Å². The molecule has 1 saturated heterocycles. The first kappa shape index (κ1) is 20.1. The molecule has 0 radical (unpaired) electrons. The van der Waals surface area contributed by atoms with Crippen LogP contribution in [0, 0.1) is 6.92 Å². The highest BCUT2D eigenvalue weighted by Gasteiger charge is 2.21. The molecule has 0 aliphatic carbocycles. The molecule has 4 rings (SSSR count). The standard InChI is InChI=1S/C21H27N5O2S/c1-4-26-19(13-25-9-11-28-12-10-25)22-23-21(26)29-14-18(27)20-15(2)24(3)17-8-6-5-7-16(17)20/h5-8H,4,9-14H2,1-3H3. The molecule has 0 atom stereocenters. The van der Waals surface area contributed by atoms with Crippen LogP contribution in [-0.2, 0) is 24.9 Å². The number of carbonyl (C=O) groups excluding carboxylic acids is 1. The number of thioether (sulfide) groups is 1. The van der Waals surface area contributed by atoms with Gasteiger partial charge in [-0.2, -0.15) is 0 Å². The Morgan fingerprint density at radius 1 is 1.21 bits per heavy atom. The zero-order valence-electron chi connectivity index (χ0n) is 17.2. The molecule has 0 bridgehead atoms. The zero-order chi connectivity index (χ0) is 20.4. The first-order valence-corrected chi connectivity index (χ1v) is 11.0. The van der Waals surface area contributed by atoms with Gasteiger partial charge in [0.25, 0.3) is 0 Å². The average molecular weight is 414 g/mol. The summed E-state index contributed by atoms with van der Waals surface area (Å²) in [5, 5.41) is 10.6. The van der Waals surface area contributed by atoms with E-state index in [9.17, 15) is 4.79 Å². The van der Waals surface area contributed by atoms with E-state index < -0.39 is 0 Å². The van der Waals surface area contributed by atoms with Gasteiger partial charge in [-0.25, -0.2) is 0 Å². The largest absolute Gasteiger partial charge is 0.379 e. The average Bonchev–Trinajstić information content (AvgIpc) is 3.25. The Labute approximate surface area is 175 Å². The van der Waals surface area contributed by atoms with E-state index in [0.29, 0.717) is 5.75 Å². The molecule has 7 nitrogen and oxygen atoms in total. The van der Waals surface area contributed by atoms with Crippen LogP contribution in [0.15, 0.2) is 29.4 Å². The molecule has 3 aromatic rings. The predicted octanol–water partition coefficient (Wildman–Crippen LogP) is 2.91. The molecule has 3 heterocycles. The summed E-state index contributed by atoms with van der Waals surface area (Å²) in [7, 11) is 2.01. The first-order valence-electron chi connectivity index (χ1n) is 10.0. The second-order valence-corrected chi connectivity index (χ2v) is 8.22. The predicted molar refractivity (Wildman–Crippen MR) is 115 cm³/mol. The Hall–Kier alpha value is -2.16. The molecule has 1 aromatic carbocycles. The van der Waals surface area contributed by atoms with Gasteiger partial charge in [-0.3, -0.25) is 9.69 Å². The summed E-state index contributed by atoms with van der Waals surface area (Å²) in [6, 6.07) is 8.06. The highest BCUT2D eigenvalue weighted by atomic mass is 32.2. The molecule has 0 saturated carbocycles. The molecule has 0 spiro atoms. The van der Waals surface area contributed by atoms with Crippen LogP contribution in [0.4, 0.5) is 0 Å². The van der Waals surface area contributed by atoms with E-state index in [2.05, 4.69) is 37.2 Å². The number of benzene rings is 1. The van der Waals surface area contributed by atoms with Crippen molar-refractivity contribution in [2.45, 2.75) is 32.1 Å². The van der Waals surface area contributed by atoms with Gasteiger partial charge in [-0.15, -0.1) is 10.2 Å². The number of nitrogens with zero attached hydrogens (tertiary/aromatic N) is 5. The number of aryl methyl sites for hydroxylation is 1. The summed E-state index contributed by atoms with van der Waals surface area (Å²) in [5.41, 5.74) is 2.90. The van der Waals surface area contributed by atoms with Crippen molar-refractivity contribution in [2.24, 2.45) is 7.05 Å². The van der Waals surface area contributed by atoms with E-state index in [1.807, 2.05) is 32.2 Å². The van der Waals surface area contributed by atoms with Crippen LogP contribution in [0.2, 0.25) is 0 Å². The monoisotopic (exact) mass is 413 g/mol. The van der Waals surface area contributed by atoms with Crippen LogP contribution in [0.5, 0.6) is 0 Å². The number of carbonyl (C=O) groups is 1. The van der Waals surface area contributed by atoms with E-state index in [1.54, 1.807) is 0 Å². The molecular formula is C21H27N5O2S. The van der Waals surface area contributed by atoms with Crippen molar-refractivity contribution in [3.8, 4) is 0 Å². The number of morpholine rings is 1. The number of Topliss-reactive ketones (excluding diaryl/α,β-unsaturated/α-hetero) is 1. The smallest absolute Gasteiger partial charge is 0.191 e. The molecule has 1 aliphatic rings. The molecule has 2 aromatic heterocycles. The fourth-order valence-electron chi connectivity index (χ4n) is 3.89. The molecule has 8 heteroatoms. The molecule has 0 unspecified atom stereocenters. The minimum Gasteiger partial charge on any atom is -0.379 e. The second kappa shape index (κ2) is 8.69. The first-order chi connectivity index (χ1) is 14.1. The summed E-state index contributed by atoms with van der Waals surface area (Å²) in [4.78, 5) is 15.4. The van der Waals surface area contributed by atoms with Crippen molar-refractivity contribution in [1.29, 1.82) is 0 Å². The van der Waals surface area contributed by atoms with E-state index >= 15 is 0 Å². The number of hydrogen-bond donors (Lipinski definition) is 0. The van der Waals surface area contributed by atoms with Crippen molar-refractivity contribution in [3.05, 3.63) is 41.3 Å². The number of aromatic nitrogens is 4. The van der Waals surface area contributed by atoms with Gasteiger partial charge in [-0.05, 0) is 19.9 Å². The second-order valence-electron chi connectivity index (χ2n) is 7.28. The fraction of sp³-hybridized carbons (Fsp3) is 0.476. The normalized spacial score (nSPS) is 15.3. The van der Waals surface area contributed by atoms with E-state index in [4.69, 9.17) is 4.74 Å². The number of ketones is 1. The Bertz CT molecular complexity index is 1020. The van der Waals surface area contributed by atoms with Gasteiger partial charge in [0.05, 0.1) is 25.5 Å². The van der Waals surface area contributed by atoms with Gasteiger partial charge in [0.2, 0.25) is 0 Å². The third-order valence-corrected chi connectivity index (χ3v) is 6.56. The van der Waals surface area contributed by atoms with Gasteiger partial charge in [0.15, 0.2) is 10.9 Å². The van der Waals surface area contributed by atoms with Crippen molar-refractivity contribution in [1.82, 2.24) is 24.2 Å². The van der Waals surface area contributed by atoms with Crippen molar-refractivity contribution < 1.29 is 9.53 Å². The summed E-state index contributed by atoms with van der Waals surface area (Å²) in [6.07, 6.45) is 0. The van der Waals surface area contributed by atoms with Crippen LogP contribution in [0.3, 0.4) is 0 Å². The minimum atomic E-state index is 0.129. The topological polar surface area (TPSA) is 65.2 Å². The SMILES string of the molecule is CCn1c(CN2CCOCC2)nnc1SCC(=O)c1c(C)n(C)c2ccccc12. The Kier molecular flexibility index (Phi) is 6.03. The van der Waals surface area contributed by atoms with Crippen molar-refractivity contribution in [3.63, 3.8) is 0 Å². The quantitative estimate of drug-likeness (QED) is 0.438. The molecule has 154 valence electrons. The molecule has 1 fully saturated rings. The summed E-state index contributed by atoms with van der Waals surface area (Å²) < 4.78 is 9.62. The number of fused-ring (bicyclic) bond motifs is 1. The Morgan fingerprint density at radius 2 is 1.97 bits per heavy atom. The minimum absolute atomic E-state index is 0.129. The zero-order valence-corrected chi connectivity index (χ0v) is 18.0. The fourth-order valence-corrected chi connectivity index (χ4v) is 4.79. The number of para-hydroxylation sites is 1. The van der Waals surface area contributed by atoms with E-state index in [1.165, 1.54) is 11.8 Å². The van der Waals surface area contributed by atoms with Crippen LogP contribution in [-0.4, -0.2) is 62.1 Å². The maximum atomic E-state index is 13.1. The van der Waals surface area contributed by atoms with E-state index in [0.717, 1.165) is 72.5 Å². The highest BCUT2D eigenvalue weighted by Crippen LogP contribution is 2.27. The maximum absolute atomic E-state index is 13.1. The maximum Gasteiger partial charge on any atom is 0.191 e. The molecule has 0 amide bonds. The van der Waals surface area contributed by atoms with Crippen LogP contribution in [0.25, 0.3) is 10.9 Å². The summed E-state index contributed by atoms with van der Waals surface area (Å²) in [5.74, 6) is 1.43.